The van der Waals surface area contributed by atoms with Crippen LogP contribution in [0.4, 0.5) is 10.8 Å². The van der Waals surface area contributed by atoms with E-state index in [1.165, 1.54) is 11.3 Å². The molecule has 2 N–H and O–H groups in total. The number of benzene rings is 3. The van der Waals surface area contributed by atoms with Crippen LogP contribution in [0.5, 0.6) is 0 Å². The molecule has 0 saturated carbocycles. The number of thiazole rings is 2. The Kier molecular flexibility index (Phi) is 5.35. The lowest BCUT2D eigenvalue weighted by molar-refractivity contribution is 0.102. The summed E-state index contributed by atoms with van der Waals surface area (Å²) in [6, 6.07) is 16.7. The largest absolute Gasteiger partial charge is 0.298 e. The molecule has 0 aliphatic rings. The molecule has 0 aliphatic carbocycles. The summed E-state index contributed by atoms with van der Waals surface area (Å²) in [6.45, 7) is 3.85. The normalized spacial score (nSPS) is 11.7. The van der Waals surface area contributed by atoms with Crippen molar-refractivity contribution in [3.63, 3.8) is 0 Å². The molecule has 10 heteroatoms. The quantitative estimate of drug-likeness (QED) is 0.332. The lowest BCUT2D eigenvalue weighted by Crippen LogP contribution is -2.14. The van der Waals surface area contributed by atoms with Gasteiger partial charge in [0.1, 0.15) is 0 Å². The van der Waals surface area contributed by atoms with Crippen molar-refractivity contribution in [2.24, 2.45) is 0 Å². The van der Waals surface area contributed by atoms with Gasteiger partial charge in [-0.25, -0.2) is 18.4 Å². The molecule has 3 aromatic carbocycles. The van der Waals surface area contributed by atoms with E-state index in [-0.39, 0.29) is 10.8 Å². The monoisotopic (exact) mass is 494 g/mol. The molecule has 2 aromatic heterocycles. The molecule has 0 fully saturated rings. The number of carbonyl (C=O) groups excluding carboxylic acids is 1. The lowest BCUT2D eigenvalue weighted by atomic mass is 10.2. The molecule has 0 bridgehead atoms. The van der Waals surface area contributed by atoms with E-state index in [9.17, 15) is 13.2 Å². The van der Waals surface area contributed by atoms with Gasteiger partial charge in [-0.1, -0.05) is 29.0 Å². The van der Waals surface area contributed by atoms with Crippen LogP contribution in [-0.4, -0.2) is 24.3 Å². The minimum absolute atomic E-state index is 0.177. The van der Waals surface area contributed by atoms with Gasteiger partial charge >= 0.3 is 0 Å². The Hall–Kier alpha value is -3.34. The summed E-state index contributed by atoms with van der Waals surface area (Å²) in [5.41, 5.74) is 3.48. The van der Waals surface area contributed by atoms with Crippen LogP contribution in [0.15, 0.2) is 65.6 Å². The molecule has 0 spiro atoms. The second kappa shape index (κ2) is 8.22. The number of carbonyl (C=O) groups is 1. The molecule has 1 amide bonds. The number of nitrogens with zero attached hydrogens (tertiary/aromatic N) is 2. The van der Waals surface area contributed by atoms with E-state index in [1.807, 2.05) is 26.0 Å². The van der Waals surface area contributed by atoms with Crippen molar-refractivity contribution in [2.75, 3.05) is 10.0 Å². The highest BCUT2D eigenvalue weighted by atomic mass is 32.2. The Bertz CT molecular complexity index is 1600. The van der Waals surface area contributed by atoms with Crippen molar-refractivity contribution in [3.8, 4) is 0 Å². The third-order valence-corrected chi connectivity index (χ3v) is 8.50. The predicted molar refractivity (Wildman–Crippen MR) is 134 cm³/mol. The first-order valence-corrected chi connectivity index (χ1v) is 13.1. The van der Waals surface area contributed by atoms with E-state index in [0.717, 1.165) is 31.0 Å². The standard InChI is InChI=1S/C23H18N4O3S3/c1-13-3-9-17(10-4-13)33(29,30)27-16-7-5-15(6-8-16)22(28)26-23-25-19-12-11-18-20(21(19)32-23)31-14(2)24-18/h3-12,27H,1-2H3,(H,25,26,28). The molecule has 5 aromatic rings. The molecule has 166 valence electrons. The SMILES string of the molecule is Cc1ccc(S(=O)(=O)Nc2ccc(C(=O)Nc3nc4ccc5nc(C)sc5c4s3)cc2)cc1. The van der Waals surface area contributed by atoms with Gasteiger partial charge in [-0.2, -0.15) is 0 Å². The van der Waals surface area contributed by atoms with Crippen LogP contribution in [-0.2, 0) is 10.0 Å². The fourth-order valence-corrected chi connectivity index (χ4v) is 6.39. The summed E-state index contributed by atoms with van der Waals surface area (Å²) >= 11 is 3.01. The Balaban J connectivity index is 1.32. The Morgan fingerprint density at radius 3 is 2.15 bits per heavy atom. The molecule has 0 saturated heterocycles. The Morgan fingerprint density at radius 1 is 0.818 bits per heavy atom. The zero-order valence-electron chi connectivity index (χ0n) is 17.6. The summed E-state index contributed by atoms with van der Waals surface area (Å²) < 4.78 is 29.7. The van der Waals surface area contributed by atoms with Gasteiger partial charge in [-0.05, 0) is 62.4 Å². The maximum absolute atomic E-state index is 12.7. The van der Waals surface area contributed by atoms with Crippen molar-refractivity contribution in [1.29, 1.82) is 0 Å². The first kappa shape index (κ1) is 21.5. The van der Waals surface area contributed by atoms with Gasteiger partial charge in [0, 0.05) is 11.3 Å². The Morgan fingerprint density at radius 2 is 1.45 bits per heavy atom. The second-order valence-electron chi connectivity index (χ2n) is 7.46. The molecule has 0 aliphatic heterocycles. The Labute approximate surface area is 198 Å². The summed E-state index contributed by atoms with van der Waals surface area (Å²) in [7, 11) is -3.71. The van der Waals surface area contributed by atoms with Crippen LogP contribution in [0.3, 0.4) is 0 Å². The number of sulfonamides is 1. The zero-order valence-corrected chi connectivity index (χ0v) is 20.1. The summed E-state index contributed by atoms with van der Waals surface area (Å²) in [5, 5.41) is 4.31. The summed E-state index contributed by atoms with van der Waals surface area (Å²) in [4.78, 5) is 21.9. The number of hydrogen-bond acceptors (Lipinski definition) is 7. The van der Waals surface area contributed by atoms with Gasteiger partial charge < -0.3 is 0 Å². The second-order valence-corrected chi connectivity index (χ2v) is 11.3. The van der Waals surface area contributed by atoms with E-state index in [4.69, 9.17) is 0 Å². The van der Waals surface area contributed by atoms with Gasteiger partial charge in [0.2, 0.25) is 0 Å². The van der Waals surface area contributed by atoms with E-state index in [2.05, 4.69) is 20.0 Å². The number of amides is 1. The average Bonchev–Trinajstić information content (AvgIpc) is 3.36. The lowest BCUT2D eigenvalue weighted by Gasteiger charge is -2.09. The number of hydrogen-bond donors (Lipinski definition) is 2. The molecule has 0 atom stereocenters. The predicted octanol–water partition coefficient (Wildman–Crippen LogP) is 5.58. The minimum Gasteiger partial charge on any atom is -0.298 e. The fraction of sp³-hybridized carbons (Fsp3) is 0.0870. The van der Waals surface area contributed by atoms with Crippen LogP contribution >= 0.6 is 22.7 Å². The number of anilines is 2. The topological polar surface area (TPSA) is 101 Å². The number of aromatic nitrogens is 2. The van der Waals surface area contributed by atoms with E-state index >= 15 is 0 Å². The molecule has 33 heavy (non-hydrogen) atoms. The molecule has 0 radical (unpaired) electrons. The van der Waals surface area contributed by atoms with E-state index in [0.29, 0.717) is 16.4 Å². The van der Waals surface area contributed by atoms with Gasteiger partial charge in [-0.15, -0.1) is 11.3 Å². The molecular weight excluding hydrogens is 476 g/mol. The van der Waals surface area contributed by atoms with Crippen molar-refractivity contribution in [1.82, 2.24) is 9.97 Å². The van der Waals surface area contributed by atoms with Crippen molar-refractivity contribution < 1.29 is 13.2 Å². The van der Waals surface area contributed by atoms with Crippen LogP contribution < -0.4 is 10.0 Å². The number of aryl methyl sites for hydroxylation is 2. The maximum Gasteiger partial charge on any atom is 0.261 e. The van der Waals surface area contributed by atoms with Gasteiger partial charge in [0.15, 0.2) is 5.13 Å². The molecule has 0 unspecified atom stereocenters. The fourth-order valence-electron chi connectivity index (χ4n) is 3.33. The summed E-state index contributed by atoms with van der Waals surface area (Å²) in [6.07, 6.45) is 0. The van der Waals surface area contributed by atoms with Gasteiger partial charge in [0.25, 0.3) is 15.9 Å². The van der Waals surface area contributed by atoms with Gasteiger partial charge in [-0.3, -0.25) is 14.8 Å². The third-order valence-electron chi connectivity index (χ3n) is 4.97. The van der Waals surface area contributed by atoms with Crippen LogP contribution in [0.2, 0.25) is 0 Å². The smallest absolute Gasteiger partial charge is 0.261 e. The zero-order chi connectivity index (χ0) is 23.2. The maximum atomic E-state index is 12.7. The van der Waals surface area contributed by atoms with Gasteiger partial charge in [0.05, 0.1) is 30.3 Å². The van der Waals surface area contributed by atoms with Crippen LogP contribution in [0.25, 0.3) is 20.4 Å². The third kappa shape index (κ3) is 4.32. The number of nitrogens with one attached hydrogen (secondary N) is 2. The molecule has 2 heterocycles. The minimum atomic E-state index is -3.71. The van der Waals surface area contributed by atoms with Crippen molar-refractivity contribution in [2.45, 2.75) is 18.7 Å². The first-order valence-electron chi connectivity index (χ1n) is 9.96. The molecule has 7 nitrogen and oxygen atoms in total. The first-order chi connectivity index (χ1) is 15.8. The van der Waals surface area contributed by atoms with Crippen LogP contribution in [0, 0.1) is 13.8 Å². The number of rotatable bonds is 5. The highest BCUT2D eigenvalue weighted by Gasteiger charge is 2.16. The molecular formula is C23H18N4O3S3. The van der Waals surface area contributed by atoms with Crippen LogP contribution in [0.1, 0.15) is 20.9 Å². The average molecular weight is 495 g/mol. The van der Waals surface area contributed by atoms with Crippen molar-refractivity contribution >= 4 is 69.9 Å². The highest BCUT2D eigenvalue weighted by Crippen LogP contribution is 2.35. The highest BCUT2D eigenvalue weighted by molar-refractivity contribution is 7.92. The summed E-state index contributed by atoms with van der Waals surface area (Å²) in [5.74, 6) is -0.321. The number of fused-ring (bicyclic) bond motifs is 3. The molecule has 5 rings (SSSR count). The van der Waals surface area contributed by atoms with E-state index in [1.54, 1.807) is 59.9 Å². The van der Waals surface area contributed by atoms with E-state index < -0.39 is 10.0 Å². The van der Waals surface area contributed by atoms with Crippen molar-refractivity contribution in [3.05, 3.63) is 76.8 Å².